The minimum atomic E-state index is 0.156. The second kappa shape index (κ2) is 8.14. The molecule has 7 atom stereocenters. The number of carbonyl (C=O) groups is 1. The zero-order valence-corrected chi connectivity index (χ0v) is 20.3. The van der Waals surface area contributed by atoms with Crippen LogP contribution in [0.2, 0.25) is 0 Å². The van der Waals surface area contributed by atoms with Gasteiger partial charge in [-0.1, -0.05) is 53.9 Å². The maximum absolute atomic E-state index is 13.5. The van der Waals surface area contributed by atoms with E-state index in [1.807, 2.05) is 6.08 Å². The first-order chi connectivity index (χ1) is 14.2. The summed E-state index contributed by atoms with van der Waals surface area (Å²) in [6.45, 7) is 12.2. The van der Waals surface area contributed by atoms with Gasteiger partial charge in [0.05, 0.1) is 12.9 Å². The molecule has 4 aliphatic carbocycles. The molecule has 0 aliphatic heterocycles. The van der Waals surface area contributed by atoms with Crippen molar-refractivity contribution in [1.82, 2.24) is 0 Å². The molecule has 0 aromatic carbocycles. The monoisotopic (exact) mass is 412 g/mol. The molecule has 0 amide bonds. The number of fused-ring (bicyclic) bond motifs is 5. The molecule has 2 fully saturated rings. The highest BCUT2D eigenvalue weighted by molar-refractivity contribution is 5.95. The van der Waals surface area contributed by atoms with Crippen LogP contribution in [0.4, 0.5) is 0 Å². The number of rotatable bonds is 6. The lowest BCUT2D eigenvalue weighted by molar-refractivity contribution is -0.133. The minimum absolute atomic E-state index is 0.156. The highest BCUT2D eigenvalue weighted by atomic mass is 16.5. The van der Waals surface area contributed by atoms with E-state index < -0.39 is 0 Å². The molecule has 4 rings (SSSR count). The normalized spacial score (nSPS) is 41.5. The Hall–Kier alpha value is -1.05. The Balaban J connectivity index is 1.56. The number of carbonyl (C=O) groups excluding carboxylic acids is 1. The van der Waals surface area contributed by atoms with Gasteiger partial charge in [0.1, 0.15) is 0 Å². The van der Waals surface area contributed by atoms with Gasteiger partial charge in [-0.25, -0.2) is 0 Å². The van der Waals surface area contributed by atoms with Crippen molar-refractivity contribution >= 4 is 5.78 Å². The highest BCUT2D eigenvalue weighted by Gasteiger charge is 2.60. The van der Waals surface area contributed by atoms with E-state index in [9.17, 15) is 4.79 Å². The van der Waals surface area contributed by atoms with Gasteiger partial charge in [-0.3, -0.25) is 4.79 Å². The van der Waals surface area contributed by atoms with E-state index in [0.29, 0.717) is 23.0 Å². The number of methoxy groups -OCH3 is 1. The quantitative estimate of drug-likeness (QED) is 0.456. The Kier molecular flexibility index (Phi) is 6.01. The Morgan fingerprint density at radius 2 is 1.80 bits per heavy atom. The van der Waals surface area contributed by atoms with E-state index in [4.69, 9.17) is 4.74 Å². The number of allylic oxidation sites excluding steroid dienone is 4. The Morgan fingerprint density at radius 3 is 2.50 bits per heavy atom. The van der Waals surface area contributed by atoms with E-state index in [0.717, 1.165) is 36.4 Å². The van der Waals surface area contributed by atoms with E-state index in [-0.39, 0.29) is 11.3 Å². The van der Waals surface area contributed by atoms with Gasteiger partial charge in [0.2, 0.25) is 0 Å². The Labute approximate surface area is 184 Å². The average molecular weight is 413 g/mol. The van der Waals surface area contributed by atoms with Gasteiger partial charge >= 0.3 is 0 Å². The summed E-state index contributed by atoms with van der Waals surface area (Å²) in [6, 6.07) is 0. The third kappa shape index (κ3) is 3.51. The van der Waals surface area contributed by atoms with E-state index in [1.165, 1.54) is 50.5 Å². The van der Waals surface area contributed by atoms with E-state index in [1.54, 1.807) is 7.11 Å². The first-order valence-corrected chi connectivity index (χ1v) is 12.7. The van der Waals surface area contributed by atoms with Crippen LogP contribution in [0.5, 0.6) is 0 Å². The minimum Gasteiger partial charge on any atom is -0.501 e. The van der Waals surface area contributed by atoms with Crippen molar-refractivity contribution in [3.05, 3.63) is 23.5 Å². The van der Waals surface area contributed by atoms with Crippen LogP contribution < -0.4 is 0 Å². The van der Waals surface area contributed by atoms with Crippen LogP contribution in [-0.2, 0) is 9.53 Å². The lowest BCUT2D eigenvalue weighted by Crippen LogP contribution is -2.52. The van der Waals surface area contributed by atoms with Crippen LogP contribution in [0, 0.1) is 46.3 Å². The van der Waals surface area contributed by atoms with Crippen molar-refractivity contribution in [3.8, 4) is 0 Å². The molecular weight excluding hydrogens is 368 g/mol. The fourth-order valence-electron chi connectivity index (χ4n) is 8.23. The summed E-state index contributed by atoms with van der Waals surface area (Å²) < 4.78 is 5.54. The topological polar surface area (TPSA) is 26.3 Å². The number of ketones is 1. The standard InChI is InChI=1S/C28H44O2/c1-18(2)8-7-9-19(3)22-10-11-23-26-24(13-15-28(22,23)5)27(4)14-12-21(30-6)16-20(27)17-25(26)29/h16-19,22-24,26H,7-15H2,1-6H3/t19-,22-,23-,24-,26-,27+,28-/m1/s1. The van der Waals surface area contributed by atoms with Crippen LogP contribution in [0.3, 0.4) is 0 Å². The summed E-state index contributed by atoms with van der Waals surface area (Å²) >= 11 is 0. The van der Waals surface area contributed by atoms with Crippen molar-refractivity contribution in [2.24, 2.45) is 46.3 Å². The lowest BCUT2D eigenvalue weighted by Gasteiger charge is -2.56. The van der Waals surface area contributed by atoms with Crippen molar-refractivity contribution in [3.63, 3.8) is 0 Å². The van der Waals surface area contributed by atoms with E-state index in [2.05, 4.69) is 40.7 Å². The number of ether oxygens (including phenoxy) is 1. The SMILES string of the molecule is COC1=CC2=CC(=O)[C@@H]3[C@H]4CC[C@H]([C@H](C)CCCC(C)C)[C@@]4(C)CC[C@H]3[C@@]2(C)CC1. The van der Waals surface area contributed by atoms with Crippen LogP contribution in [0.25, 0.3) is 0 Å². The van der Waals surface area contributed by atoms with Gasteiger partial charge < -0.3 is 4.74 Å². The predicted octanol–water partition coefficient (Wildman–Crippen LogP) is 7.35. The zero-order chi connectivity index (χ0) is 21.7. The van der Waals surface area contributed by atoms with Crippen molar-refractivity contribution in [1.29, 1.82) is 0 Å². The summed E-state index contributed by atoms with van der Waals surface area (Å²) in [6.07, 6.45) is 15.6. The molecule has 2 nitrogen and oxygen atoms in total. The molecule has 0 aromatic rings. The molecule has 0 bridgehead atoms. The second-order valence-electron chi connectivity index (χ2n) is 12.0. The van der Waals surface area contributed by atoms with Gasteiger partial charge in [0.15, 0.2) is 5.78 Å². The Bertz CT molecular complexity index is 731. The van der Waals surface area contributed by atoms with Crippen LogP contribution in [0.1, 0.15) is 92.4 Å². The van der Waals surface area contributed by atoms with E-state index >= 15 is 0 Å². The predicted molar refractivity (Wildman–Crippen MR) is 124 cm³/mol. The lowest BCUT2D eigenvalue weighted by atomic mass is 9.47. The molecule has 0 spiro atoms. The molecule has 30 heavy (non-hydrogen) atoms. The van der Waals surface area contributed by atoms with Crippen LogP contribution in [0.15, 0.2) is 23.5 Å². The summed E-state index contributed by atoms with van der Waals surface area (Å²) in [5.41, 5.74) is 1.76. The zero-order valence-electron chi connectivity index (χ0n) is 20.3. The largest absolute Gasteiger partial charge is 0.501 e. The molecule has 0 unspecified atom stereocenters. The summed E-state index contributed by atoms with van der Waals surface area (Å²) in [5.74, 6) is 5.22. The third-order valence-electron chi connectivity index (χ3n) is 10.0. The molecule has 0 heterocycles. The summed E-state index contributed by atoms with van der Waals surface area (Å²) in [5, 5.41) is 0. The third-order valence-corrected chi connectivity index (χ3v) is 10.0. The highest BCUT2D eigenvalue weighted by Crippen LogP contribution is 2.66. The van der Waals surface area contributed by atoms with Gasteiger partial charge in [0, 0.05) is 12.3 Å². The Morgan fingerprint density at radius 1 is 1.03 bits per heavy atom. The maximum Gasteiger partial charge on any atom is 0.159 e. The number of hydrogen-bond donors (Lipinski definition) is 0. The van der Waals surface area contributed by atoms with Gasteiger partial charge in [-0.15, -0.1) is 0 Å². The summed E-state index contributed by atoms with van der Waals surface area (Å²) in [4.78, 5) is 13.5. The van der Waals surface area contributed by atoms with Gasteiger partial charge in [0.25, 0.3) is 0 Å². The summed E-state index contributed by atoms with van der Waals surface area (Å²) in [7, 11) is 1.76. The van der Waals surface area contributed by atoms with Crippen molar-refractivity contribution in [2.45, 2.75) is 92.4 Å². The fourth-order valence-corrected chi connectivity index (χ4v) is 8.23. The maximum atomic E-state index is 13.5. The molecule has 168 valence electrons. The first-order valence-electron chi connectivity index (χ1n) is 12.7. The second-order valence-corrected chi connectivity index (χ2v) is 12.0. The molecule has 2 saturated carbocycles. The van der Waals surface area contributed by atoms with Gasteiger partial charge in [-0.05, 0) is 90.2 Å². The first kappa shape index (κ1) is 22.2. The van der Waals surface area contributed by atoms with Crippen molar-refractivity contribution in [2.75, 3.05) is 7.11 Å². The van der Waals surface area contributed by atoms with Crippen LogP contribution >= 0.6 is 0 Å². The molecule has 0 radical (unpaired) electrons. The fraction of sp³-hybridized carbons (Fsp3) is 0.821. The number of hydrogen-bond acceptors (Lipinski definition) is 2. The molecule has 2 heteroatoms. The molecule has 4 aliphatic rings. The van der Waals surface area contributed by atoms with Crippen molar-refractivity contribution < 1.29 is 9.53 Å². The smallest absolute Gasteiger partial charge is 0.159 e. The molecular formula is C28H44O2. The molecule has 0 saturated heterocycles. The van der Waals surface area contributed by atoms with Crippen LogP contribution in [-0.4, -0.2) is 12.9 Å². The van der Waals surface area contributed by atoms with Gasteiger partial charge in [-0.2, -0.15) is 0 Å². The molecule has 0 N–H and O–H groups in total. The molecule has 0 aromatic heterocycles. The average Bonchev–Trinajstić information content (AvgIpc) is 3.05.